The number of ether oxygens (including phenoxy) is 1. The monoisotopic (exact) mass is 395 g/mol. The van der Waals surface area contributed by atoms with Gasteiger partial charge in [-0.15, -0.1) is 0 Å². The number of carbonyl (C=O) groups excluding carboxylic acids is 2. The van der Waals surface area contributed by atoms with E-state index in [4.69, 9.17) is 4.74 Å². The molecule has 0 unspecified atom stereocenters. The van der Waals surface area contributed by atoms with Gasteiger partial charge in [0.1, 0.15) is 5.75 Å². The molecule has 1 atom stereocenters. The number of aryl methyl sites for hydroxylation is 1. The van der Waals surface area contributed by atoms with Gasteiger partial charge < -0.3 is 20.3 Å². The van der Waals surface area contributed by atoms with E-state index in [1.54, 1.807) is 18.1 Å². The first kappa shape index (κ1) is 20.7. The van der Waals surface area contributed by atoms with Gasteiger partial charge in [0.2, 0.25) is 5.91 Å². The van der Waals surface area contributed by atoms with Crippen molar-refractivity contribution >= 4 is 17.6 Å². The molecule has 0 aromatic heterocycles. The minimum Gasteiger partial charge on any atom is -0.497 e. The molecule has 1 heterocycles. The van der Waals surface area contributed by atoms with Crippen LogP contribution in [0.4, 0.5) is 10.5 Å². The van der Waals surface area contributed by atoms with Crippen molar-refractivity contribution in [2.24, 2.45) is 5.41 Å². The molecular formula is C23H29N3O3. The molecule has 0 radical (unpaired) electrons. The first-order valence-corrected chi connectivity index (χ1v) is 9.94. The second-order valence-corrected chi connectivity index (χ2v) is 7.86. The normalized spacial score (nSPS) is 18.8. The molecule has 2 aromatic rings. The van der Waals surface area contributed by atoms with Crippen molar-refractivity contribution in [3.63, 3.8) is 0 Å². The number of piperidine rings is 1. The summed E-state index contributed by atoms with van der Waals surface area (Å²) < 4.78 is 5.20. The molecule has 0 aliphatic carbocycles. The molecule has 1 saturated heterocycles. The van der Waals surface area contributed by atoms with Crippen molar-refractivity contribution in [2.75, 3.05) is 25.5 Å². The van der Waals surface area contributed by atoms with Crippen molar-refractivity contribution in [1.29, 1.82) is 0 Å². The van der Waals surface area contributed by atoms with Crippen molar-refractivity contribution in [2.45, 2.75) is 33.2 Å². The number of anilines is 1. The summed E-state index contributed by atoms with van der Waals surface area (Å²) in [7, 11) is 1.59. The number of nitrogens with one attached hydrogen (secondary N) is 2. The lowest BCUT2D eigenvalue weighted by atomic mass is 9.81. The molecule has 29 heavy (non-hydrogen) atoms. The molecule has 154 valence electrons. The third-order valence-electron chi connectivity index (χ3n) is 5.55. The van der Waals surface area contributed by atoms with Crippen LogP contribution in [0.1, 0.15) is 30.9 Å². The van der Waals surface area contributed by atoms with Gasteiger partial charge in [-0.05, 0) is 49.9 Å². The number of benzene rings is 2. The van der Waals surface area contributed by atoms with E-state index in [9.17, 15) is 9.59 Å². The van der Waals surface area contributed by atoms with Crippen LogP contribution in [-0.2, 0) is 11.3 Å². The fourth-order valence-corrected chi connectivity index (χ4v) is 3.70. The lowest BCUT2D eigenvalue weighted by Crippen LogP contribution is -2.52. The zero-order valence-electron chi connectivity index (χ0n) is 17.3. The van der Waals surface area contributed by atoms with Gasteiger partial charge in [-0.25, -0.2) is 4.79 Å². The summed E-state index contributed by atoms with van der Waals surface area (Å²) in [4.78, 5) is 27.4. The molecule has 3 rings (SSSR count). The van der Waals surface area contributed by atoms with Gasteiger partial charge in [-0.1, -0.05) is 30.3 Å². The maximum atomic E-state index is 12.9. The standard InChI is InChI=1S/C23H29N3O3/c1-17-8-4-5-9-18(17)15-24-21(27)23(2)12-7-13-26(16-23)22(28)25-19-10-6-11-20(14-19)29-3/h4-6,8-11,14H,7,12-13,15-16H2,1-3H3,(H,24,27)(H,25,28)/t23-/m1/s1. The number of hydrogen-bond acceptors (Lipinski definition) is 3. The number of likely N-dealkylation sites (tertiary alicyclic amines) is 1. The Morgan fingerprint density at radius 1 is 1.17 bits per heavy atom. The third kappa shape index (κ3) is 5.08. The smallest absolute Gasteiger partial charge is 0.321 e. The van der Waals surface area contributed by atoms with Gasteiger partial charge in [0, 0.05) is 31.4 Å². The summed E-state index contributed by atoms with van der Waals surface area (Å²) in [5.41, 5.74) is 2.33. The molecule has 0 spiro atoms. The molecular weight excluding hydrogens is 366 g/mol. The van der Waals surface area contributed by atoms with Gasteiger partial charge in [-0.3, -0.25) is 4.79 Å². The van der Waals surface area contributed by atoms with Crippen LogP contribution in [0.15, 0.2) is 48.5 Å². The van der Waals surface area contributed by atoms with E-state index in [1.165, 1.54) is 0 Å². The highest BCUT2D eigenvalue weighted by Gasteiger charge is 2.39. The lowest BCUT2D eigenvalue weighted by Gasteiger charge is -2.39. The molecule has 2 aromatic carbocycles. The highest BCUT2D eigenvalue weighted by molar-refractivity contribution is 5.90. The van der Waals surface area contributed by atoms with Crippen LogP contribution in [0, 0.1) is 12.3 Å². The number of amides is 3. The van der Waals surface area contributed by atoms with Gasteiger partial charge >= 0.3 is 6.03 Å². The summed E-state index contributed by atoms with van der Waals surface area (Å²) in [6.07, 6.45) is 1.55. The maximum absolute atomic E-state index is 12.9. The SMILES string of the molecule is COc1cccc(NC(=O)N2CCC[C@@](C)(C(=O)NCc3ccccc3C)C2)c1. The molecule has 6 heteroatoms. The minimum atomic E-state index is -0.605. The fraction of sp³-hybridized carbons (Fsp3) is 0.391. The first-order chi connectivity index (χ1) is 13.9. The Labute approximate surface area is 172 Å². The predicted molar refractivity (Wildman–Crippen MR) is 114 cm³/mol. The largest absolute Gasteiger partial charge is 0.497 e. The second-order valence-electron chi connectivity index (χ2n) is 7.86. The van der Waals surface area contributed by atoms with Crippen LogP contribution in [0.25, 0.3) is 0 Å². The predicted octanol–water partition coefficient (Wildman–Crippen LogP) is 3.95. The van der Waals surface area contributed by atoms with E-state index in [0.717, 1.165) is 24.0 Å². The van der Waals surface area contributed by atoms with Gasteiger partial charge in [0.25, 0.3) is 0 Å². The Morgan fingerprint density at radius 3 is 2.72 bits per heavy atom. The topological polar surface area (TPSA) is 70.7 Å². The van der Waals surface area contributed by atoms with Crippen LogP contribution in [0.5, 0.6) is 5.75 Å². The average Bonchev–Trinajstić information content (AvgIpc) is 2.73. The maximum Gasteiger partial charge on any atom is 0.321 e. The van der Waals surface area contributed by atoms with Gasteiger partial charge in [0.15, 0.2) is 0 Å². The van der Waals surface area contributed by atoms with Crippen molar-refractivity contribution in [3.05, 3.63) is 59.7 Å². The highest BCUT2D eigenvalue weighted by Crippen LogP contribution is 2.30. The van der Waals surface area contributed by atoms with E-state index in [0.29, 0.717) is 31.1 Å². The summed E-state index contributed by atoms with van der Waals surface area (Å²) in [6.45, 7) is 5.50. The number of urea groups is 1. The van der Waals surface area contributed by atoms with Crippen LogP contribution in [-0.4, -0.2) is 37.0 Å². The Hall–Kier alpha value is -3.02. The average molecular weight is 396 g/mol. The number of methoxy groups -OCH3 is 1. The van der Waals surface area contributed by atoms with Crippen molar-refractivity contribution in [1.82, 2.24) is 10.2 Å². The Balaban J connectivity index is 1.61. The van der Waals surface area contributed by atoms with E-state index in [2.05, 4.69) is 10.6 Å². The summed E-state index contributed by atoms with van der Waals surface area (Å²) in [6, 6.07) is 15.1. The van der Waals surface area contributed by atoms with E-state index >= 15 is 0 Å². The Morgan fingerprint density at radius 2 is 1.97 bits per heavy atom. The highest BCUT2D eigenvalue weighted by atomic mass is 16.5. The molecule has 1 fully saturated rings. The first-order valence-electron chi connectivity index (χ1n) is 9.94. The van der Waals surface area contributed by atoms with E-state index < -0.39 is 5.41 Å². The van der Waals surface area contributed by atoms with E-state index in [1.807, 2.05) is 56.3 Å². The zero-order valence-corrected chi connectivity index (χ0v) is 17.3. The van der Waals surface area contributed by atoms with Gasteiger partial charge in [0.05, 0.1) is 12.5 Å². The third-order valence-corrected chi connectivity index (χ3v) is 5.55. The van der Waals surface area contributed by atoms with Crippen LogP contribution >= 0.6 is 0 Å². The molecule has 3 amide bonds. The molecule has 6 nitrogen and oxygen atoms in total. The molecule has 0 bridgehead atoms. The molecule has 0 saturated carbocycles. The van der Waals surface area contributed by atoms with Crippen LogP contribution in [0.3, 0.4) is 0 Å². The zero-order chi connectivity index (χ0) is 20.9. The second kappa shape index (κ2) is 8.99. The summed E-state index contributed by atoms with van der Waals surface area (Å²) >= 11 is 0. The molecule has 2 N–H and O–H groups in total. The number of rotatable bonds is 5. The van der Waals surface area contributed by atoms with Crippen LogP contribution in [0.2, 0.25) is 0 Å². The minimum absolute atomic E-state index is 0.0142. The fourth-order valence-electron chi connectivity index (χ4n) is 3.70. The molecule has 1 aliphatic rings. The van der Waals surface area contributed by atoms with Crippen molar-refractivity contribution in [3.8, 4) is 5.75 Å². The van der Waals surface area contributed by atoms with Gasteiger partial charge in [-0.2, -0.15) is 0 Å². The summed E-state index contributed by atoms with van der Waals surface area (Å²) in [5.74, 6) is 0.668. The van der Waals surface area contributed by atoms with E-state index in [-0.39, 0.29) is 11.9 Å². The Kier molecular flexibility index (Phi) is 6.42. The van der Waals surface area contributed by atoms with Crippen molar-refractivity contribution < 1.29 is 14.3 Å². The summed E-state index contributed by atoms with van der Waals surface area (Å²) in [5, 5.41) is 5.96. The Bertz CT molecular complexity index is 883. The number of carbonyl (C=O) groups is 2. The lowest BCUT2D eigenvalue weighted by molar-refractivity contribution is -0.132. The molecule has 1 aliphatic heterocycles. The number of hydrogen-bond donors (Lipinski definition) is 2. The van der Waals surface area contributed by atoms with Crippen LogP contribution < -0.4 is 15.4 Å². The number of nitrogens with zero attached hydrogens (tertiary/aromatic N) is 1. The quantitative estimate of drug-likeness (QED) is 0.805.